The van der Waals surface area contributed by atoms with Crippen LogP contribution in [-0.4, -0.2) is 16.6 Å². The Hall–Kier alpha value is -1.51. The zero-order chi connectivity index (χ0) is 9.42. The minimum atomic E-state index is 0.907. The van der Waals surface area contributed by atoms with Crippen LogP contribution >= 0.6 is 0 Å². The van der Waals surface area contributed by atoms with Gasteiger partial charge in [0.2, 0.25) is 5.95 Å². The summed E-state index contributed by atoms with van der Waals surface area (Å²) < 4.78 is 2.07. The molecule has 0 fully saturated rings. The van der Waals surface area contributed by atoms with Gasteiger partial charge in [0, 0.05) is 14.1 Å². The van der Waals surface area contributed by atoms with Crippen LogP contribution in [0.2, 0.25) is 0 Å². The molecule has 0 spiro atoms. The van der Waals surface area contributed by atoms with E-state index in [-0.39, 0.29) is 0 Å². The van der Waals surface area contributed by atoms with Crippen molar-refractivity contribution in [3.8, 4) is 0 Å². The Morgan fingerprint density at radius 1 is 1.38 bits per heavy atom. The van der Waals surface area contributed by atoms with Gasteiger partial charge in [-0.2, -0.15) is 0 Å². The number of aromatic nitrogens is 2. The molecule has 1 aromatic heterocycles. The maximum absolute atomic E-state index is 4.44. The SMILES string of the molecule is CNc1nc2cccc(C)c2n1C. The van der Waals surface area contributed by atoms with Crippen molar-refractivity contribution >= 4 is 17.0 Å². The van der Waals surface area contributed by atoms with Gasteiger partial charge in [-0.15, -0.1) is 0 Å². The molecule has 0 radical (unpaired) electrons. The molecule has 0 saturated carbocycles. The summed E-state index contributed by atoms with van der Waals surface area (Å²) in [6, 6.07) is 6.16. The maximum atomic E-state index is 4.44. The number of imidazole rings is 1. The van der Waals surface area contributed by atoms with Crippen molar-refractivity contribution in [1.29, 1.82) is 0 Å². The Labute approximate surface area is 77.4 Å². The van der Waals surface area contributed by atoms with Gasteiger partial charge >= 0.3 is 0 Å². The van der Waals surface area contributed by atoms with Crippen LogP contribution in [0.15, 0.2) is 18.2 Å². The third-order valence-corrected chi connectivity index (χ3v) is 2.32. The number of hydrogen-bond acceptors (Lipinski definition) is 2. The molecular formula is C10H13N3. The van der Waals surface area contributed by atoms with Crippen molar-refractivity contribution in [3.63, 3.8) is 0 Å². The van der Waals surface area contributed by atoms with E-state index in [0.29, 0.717) is 0 Å². The minimum Gasteiger partial charge on any atom is -0.359 e. The van der Waals surface area contributed by atoms with E-state index in [0.717, 1.165) is 11.5 Å². The molecule has 0 saturated heterocycles. The highest BCUT2D eigenvalue weighted by atomic mass is 15.2. The topological polar surface area (TPSA) is 29.9 Å². The molecule has 1 heterocycles. The molecule has 0 atom stereocenters. The van der Waals surface area contributed by atoms with Crippen molar-refractivity contribution in [3.05, 3.63) is 23.8 Å². The van der Waals surface area contributed by atoms with Gasteiger partial charge in [0.1, 0.15) is 0 Å². The molecule has 13 heavy (non-hydrogen) atoms. The predicted octanol–water partition coefficient (Wildman–Crippen LogP) is 1.92. The van der Waals surface area contributed by atoms with E-state index in [2.05, 4.69) is 27.9 Å². The molecular weight excluding hydrogens is 162 g/mol. The summed E-state index contributed by atoms with van der Waals surface area (Å²) >= 11 is 0. The van der Waals surface area contributed by atoms with Crippen LogP contribution in [0, 0.1) is 6.92 Å². The van der Waals surface area contributed by atoms with E-state index >= 15 is 0 Å². The summed E-state index contributed by atoms with van der Waals surface area (Å²) in [6.45, 7) is 2.10. The average Bonchev–Trinajstić information content (AvgIpc) is 2.44. The average molecular weight is 175 g/mol. The number of anilines is 1. The molecule has 3 nitrogen and oxygen atoms in total. The zero-order valence-corrected chi connectivity index (χ0v) is 8.13. The first kappa shape index (κ1) is 8.10. The summed E-state index contributed by atoms with van der Waals surface area (Å²) in [6.07, 6.45) is 0. The summed E-state index contributed by atoms with van der Waals surface area (Å²) in [7, 11) is 3.91. The van der Waals surface area contributed by atoms with Crippen LogP contribution in [0.1, 0.15) is 5.56 Å². The quantitative estimate of drug-likeness (QED) is 0.717. The van der Waals surface area contributed by atoms with Gasteiger partial charge in [0.15, 0.2) is 0 Å². The van der Waals surface area contributed by atoms with Gasteiger partial charge in [0.25, 0.3) is 0 Å². The standard InChI is InChI=1S/C10H13N3/c1-7-5-4-6-8-9(7)13(3)10(11-2)12-8/h4-6H,1-3H3,(H,11,12). The lowest BCUT2D eigenvalue weighted by Gasteiger charge is -2.01. The fourth-order valence-electron chi connectivity index (χ4n) is 1.69. The molecule has 1 aromatic carbocycles. The zero-order valence-electron chi connectivity index (χ0n) is 8.13. The molecule has 0 aliphatic carbocycles. The van der Waals surface area contributed by atoms with Crippen LogP contribution in [0.3, 0.4) is 0 Å². The Bertz CT molecular complexity index is 443. The molecule has 3 heteroatoms. The van der Waals surface area contributed by atoms with Crippen molar-refractivity contribution < 1.29 is 0 Å². The van der Waals surface area contributed by atoms with Crippen molar-refractivity contribution in [2.24, 2.45) is 7.05 Å². The van der Waals surface area contributed by atoms with E-state index in [1.165, 1.54) is 11.1 Å². The monoisotopic (exact) mass is 175 g/mol. The second-order valence-electron chi connectivity index (χ2n) is 3.19. The number of nitrogens with one attached hydrogen (secondary N) is 1. The molecule has 1 N–H and O–H groups in total. The highest BCUT2D eigenvalue weighted by molar-refractivity contribution is 5.81. The Morgan fingerprint density at radius 2 is 2.15 bits per heavy atom. The number of fused-ring (bicyclic) bond motifs is 1. The minimum absolute atomic E-state index is 0.907. The van der Waals surface area contributed by atoms with Crippen LogP contribution in [-0.2, 0) is 7.05 Å². The summed E-state index contributed by atoms with van der Waals surface area (Å²) in [5, 5.41) is 3.06. The number of nitrogens with zero attached hydrogens (tertiary/aromatic N) is 2. The van der Waals surface area contributed by atoms with Gasteiger partial charge in [-0.25, -0.2) is 4.98 Å². The summed E-state index contributed by atoms with van der Waals surface area (Å²) in [4.78, 5) is 4.44. The molecule has 0 aliphatic rings. The Morgan fingerprint density at radius 3 is 2.77 bits per heavy atom. The maximum Gasteiger partial charge on any atom is 0.203 e. The molecule has 0 bridgehead atoms. The van der Waals surface area contributed by atoms with E-state index in [1.807, 2.05) is 26.2 Å². The van der Waals surface area contributed by atoms with Crippen molar-refractivity contribution in [2.75, 3.05) is 12.4 Å². The Balaban J connectivity index is 2.85. The first-order valence-corrected chi connectivity index (χ1v) is 4.34. The lowest BCUT2D eigenvalue weighted by atomic mass is 10.2. The second kappa shape index (κ2) is 2.76. The number of para-hydroxylation sites is 1. The third kappa shape index (κ3) is 1.08. The van der Waals surface area contributed by atoms with Gasteiger partial charge in [-0.3, -0.25) is 0 Å². The van der Waals surface area contributed by atoms with E-state index < -0.39 is 0 Å². The summed E-state index contributed by atoms with van der Waals surface area (Å²) in [5.74, 6) is 0.907. The lowest BCUT2D eigenvalue weighted by molar-refractivity contribution is 0.949. The van der Waals surface area contributed by atoms with Crippen LogP contribution in [0.4, 0.5) is 5.95 Å². The Kier molecular flexibility index (Phi) is 1.72. The van der Waals surface area contributed by atoms with Crippen molar-refractivity contribution in [2.45, 2.75) is 6.92 Å². The van der Waals surface area contributed by atoms with Gasteiger partial charge < -0.3 is 9.88 Å². The van der Waals surface area contributed by atoms with E-state index in [9.17, 15) is 0 Å². The van der Waals surface area contributed by atoms with Gasteiger partial charge in [0.05, 0.1) is 11.0 Å². The summed E-state index contributed by atoms with van der Waals surface area (Å²) in [5.41, 5.74) is 3.51. The van der Waals surface area contributed by atoms with Gasteiger partial charge in [-0.1, -0.05) is 12.1 Å². The third-order valence-electron chi connectivity index (χ3n) is 2.32. The molecule has 0 amide bonds. The fraction of sp³-hybridized carbons (Fsp3) is 0.300. The number of aryl methyl sites for hydroxylation is 2. The predicted molar refractivity (Wildman–Crippen MR) is 55.0 cm³/mol. The molecule has 0 unspecified atom stereocenters. The van der Waals surface area contributed by atoms with Crippen LogP contribution < -0.4 is 5.32 Å². The van der Waals surface area contributed by atoms with Gasteiger partial charge in [-0.05, 0) is 18.6 Å². The number of rotatable bonds is 1. The van der Waals surface area contributed by atoms with Crippen LogP contribution in [0.25, 0.3) is 11.0 Å². The number of benzene rings is 1. The molecule has 2 aromatic rings. The van der Waals surface area contributed by atoms with E-state index in [1.54, 1.807) is 0 Å². The smallest absolute Gasteiger partial charge is 0.203 e. The molecule has 68 valence electrons. The first-order chi connectivity index (χ1) is 6.24. The molecule has 0 aliphatic heterocycles. The van der Waals surface area contributed by atoms with Crippen LogP contribution in [0.5, 0.6) is 0 Å². The largest absolute Gasteiger partial charge is 0.359 e. The number of hydrogen-bond donors (Lipinski definition) is 1. The fourth-order valence-corrected chi connectivity index (χ4v) is 1.69. The highest BCUT2D eigenvalue weighted by Crippen LogP contribution is 2.20. The molecule has 2 rings (SSSR count). The first-order valence-electron chi connectivity index (χ1n) is 4.34. The highest BCUT2D eigenvalue weighted by Gasteiger charge is 2.06. The lowest BCUT2D eigenvalue weighted by Crippen LogP contribution is -1.98. The van der Waals surface area contributed by atoms with E-state index in [4.69, 9.17) is 0 Å². The normalized spacial score (nSPS) is 10.7. The second-order valence-corrected chi connectivity index (χ2v) is 3.19. The van der Waals surface area contributed by atoms with Crippen molar-refractivity contribution in [1.82, 2.24) is 9.55 Å².